The Morgan fingerprint density at radius 3 is 2.59 bits per heavy atom. The van der Waals surface area contributed by atoms with Crippen LogP contribution in [0.15, 0.2) is 69.2 Å². The standard InChI is InChI=1S/C23H25N3O3S3/c27-23(21-10-3-4-11-22(21)31-16-19-15-30-17-24-19)25-18-8-7-9-20(14-18)32(28,29)26-12-5-1-2-6-13-26/h3-4,7-11,14-15,17H,1-2,5-6,12-13,16H2,(H,25,27). The number of amides is 1. The van der Waals surface area contributed by atoms with Crippen LogP contribution in [0.1, 0.15) is 41.7 Å². The SMILES string of the molecule is O=C(Nc1cccc(S(=O)(=O)N2CCCCCC2)c1)c1ccccc1SCc1cscn1. The average Bonchev–Trinajstić information content (AvgIpc) is 3.17. The van der Waals surface area contributed by atoms with Crippen molar-refractivity contribution >= 4 is 44.7 Å². The molecule has 1 aromatic heterocycles. The van der Waals surface area contributed by atoms with Crippen molar-refractivity contribution in [3.05, 3.63) is 70.7 Å². The van der Waals surface area contributed by atoms with Crippen LogP contribution >= 0.6 is 23.1 Å². The second-order valence-corrected chi connectivity index (χ2v) is 11.2. The number of carbonyl (C=O) groups excluding carboxylic acids is 1. The second-order valence-electron chi connectivity index (χ2n) is 7.56. The molecule has 32 heavy (non-hydrogen) atoms. The van der Waals surface area contributed by atoms with Crippen molar-refractivity contribution in [2.45, 2.75) is 41.2 Å². The minimum Gasteiger partial charge on any atom is -0.322 e. The number of nitrogens with one attached hydrogen (secondary N) is 1. The molecule has 1 fully saturated rings. The zero-order valence-electron chi connectivity index (χ0n) is 17.6. The Balaban J connectivity index is 1.50. The summed E-state index contributed by atoms with van der Waals surface area (Å²) in [5.74, 6) is 0.410. The Bertz CT molecular complexity index is 1160. The van der Waals surface area contributed by atoms with Gasteiger partial charge in [-0.05, 0) is 43.2 Å². The van der Waals surface area contributed by atoms with Crippen LogP contribution < -0.4 is 5.32 Å². The third-order valence-electron chi connectivity index (χ3n) is 5.29. The maximum Gasteiger partial charge on any atom is 0.256 e. The van der Waals surface area contributed by atoms with Gasteiger partial charge in [-0.1, -0.05) is 31.0 Å². The number of thiazole rings is 1. The Kier molecular flexibility index (Phi) is 7.62. The molecule has 2 heterocycles. The summed E-state index contributed by atoms with van der Waals surface area (Å²) in [6, 6.07) is 13.9. The molecule has 0 aliphatic carbocycles. The number of benzene rings is 2. The van der Waals surface area contributed by atoms with Crippen molar-refractivity contribution in [3.63, 3.8) is 0 Å². The van der Waals surface area contributed by atoms with Crippen LogP contribution in [0.4, 0.5) is 5.69 Å². The highest BCUT2D eigenvalue weighted by molar-refractivity contribution is 7.98. The number of sulfonamides is 1. The highest BCUT2D eigenvalue weighted by Gasteiger charge is 2.25. The van der Waals surface area contributed by atoms with E-state index in [0.717, 1.165) is 36.3 Å². The van der Waals surface area contributed by atoms with Gasteiger partial charge in [0.1, 0.15) is 0 Å². The molecule has 0 radical (unpaired) electrons. The van der Waals surface area contributed by atoms with E-state index in [1.807, 2.05) is 23.6 Å². The smallest absolute Gasteiger partial charge is 0.256 e. The van der Waals surface area contributed by atoms with Gasteiger partial charge in [0.15, 0.2) is 0 Å². The molecule has 0 unspecified atom stereocenters. The fourth-order valence-electron chi connectivity index (χ4n) is 3.60. The number of rotatable bonds is 7. The van der Waals surface area contributed by atoms with Crippen molar-refractivity contribution in [1.82, 2.24) is 9.29 Å². The molecule has 0 spiro atoms. The molecule has 6 nitrogen and oxygen atoms in total. The van der Waals surface area contributed by atoms with Gasteiger partial charge in [0.2, 0.25) is 10.0 Å². The van der Waals surface area contributed by atoms with E-state index in [-0.39, 0.29) is 10.8 Å². The molecule has 4 rings (SSSR count). The van der Waals surface area contributed by atoms with Gasteiger partial charge in [-0.3, -0.25) is 4.79 Å². The fraction of sp³-hybridized carbons (Fsp3) is 0.304. The molecule has 1 aliphatic rings. The maximum atomic E-state index is 13.1. The molecular weight excluding hydrogens is 462 g/mol. The number of anilines is 1. The summed E-state index contributed by atoms with van der Waals surface area (Å²) < 4.78 is 27.8. The predicted molar refractivity (Wildman–Crippen MR) is 130 cm³/mol. The first-order chi connectivity index (χ1) is 15.5. The molecule has 1 N–H and O–H groups in total. The molecule has 1 amide bonds. The monoisotopic (exact) mass is 487 g/mol. The Labute approximate surface area is 197 Å². The first-order valence-electron chi connectivity index (χ1n) is 10.5. The molecule has 3 aromatic rings. The van der Waals surface area contributed by atoms with E-state index >= 15 is 0 Å². The molecule has 0 bridgehead atoms. The van der Waals surface area contributed by atoms with Crippen LogP contribution in [-0.4, -0.2) is 36.7 Å². The lowest BCUT2D eigenvalue weighted by molar-refractivity contribution is 0.102. The van der Waals surface area contributed by atoms with Crippen molar-refractivity contribution in [3.8, 4) is 0 Å². The molecule has 1 aliphatic heterocycles. The lowest BCUT2D eigenvalue weighted by atomic mass is 10.2. The molecule has 0 saturated carbocycles. The summed E-state index contributed by atoms with van der Waals surface area (Å²) in [7, 11) is -3.58. The van der Waals surface area contributed by atoms with Crippen molar-refractivity contribution in [1.29, 1.82) is 0 Å². The minimum atomic E-state index is -3.58. The normalized spacial score (nSPS) is 15.2. The summed E-state index contributed by atoms with van der Waals surface area (Å²) in [4.78, 5) is 18.4. The second kappa shape index (κ2) is 10.6. The number of hydrogen-bond donors (Lipinski definition) is 1. The summed E-state index contributed by atoms with van der Waals surface area (Å²) in [6.45, 7) is 1.09. The molecular formula is C23H25N3O3S3. The molecule has 1 saturated heterocycles. The Morgan fingerprint density at radius 1 is 1.06 bits per heavy atom. The third-order valence-corrected chi connectivity index (χ3v) is 8.92. The van der Waals surface area contributed by atoms with Crippen LogP contribution in [-0.2, 0) is 15.8 Å². The van der Waals surface area contributed by atoms with Crippen LogP contribution in [0.5, 0.6) is 0 Å². The first kappa shape index (κ1) is 23.0. The van der Waals surface area contributed by atoms with Crippen molar-refractivity contribution in [2.75, 3.05) is 18.4 Å². The lowest BCUT2D eigenvalue weighted by Crippen LogP contribution is -2.32. The van der Waals surface area contributed by atoms with Gasteiger partial charge in [-0.25, -0.2) is 13.4 Å². The van der Waals surface area contributed by atoms with Gasteiger partial charge in [0.05, 0.1) is 21.7 Å². The predicted octanol–water partition coefficient (Wildman–Crippen LogP) is 5.25. The Morgan fingerprint density at radius 2 is 1.84 bits per heavy atom. The van der Waals surface area contributed by atoms with E-state index < -0.39 is 10.0 Å². The number of thioether (sulfide) groups is 1. The fourth-order valence-corrected chi connectivity index (χ4v) is 6.78. The number of aromatic nitrogens is 1. The van der Waals surface area contributed by atoms with Crippen LogP contribution in [0, 0.1) is 0 Å². The summed E-state index contributed by atoms with van der Waals surface area (Å²) in [5, 5.41) is 4.86. The van der Waals surface area contributed by atoms with Crippen LogP contribution in [0.3, 0.4) is 0 Å². The first-order valence-corrected chi connectivity index (χ1v) is 13.9. The molecule has 168 valence electrons. The van der Waals surface area contributed by atoms with E-state index in [0.29, 0.717) is 30.1 Å². The van der Waals surface area contributed by atoms with Gasteiger partial charge in [-0.15, -0.1) is 23.1 Å². The quantitative estimate of drug-likeness (QED) is 0.460. The average molecular weight is 488 g/mol. The maximum absolute atomic E-state index is 13.1. The van der Waals surface area contributed by atoms with E-state index in [9.17, 15) is 13.2 Å². The van der Waals surface area contributed by atoms with Gasteiger partial charge in [0.25, 0.3) is 5.91 Å². The highest BCUT2D eigenvalue weighted by Crippen LogP contribution is 2.28. The number of carbonyl (C=O) groups is 1. The molecule has 9 heteroatoms. The zero-order chi connectivity index (χ0) is 22.4. The zero-order valence-corrected chi connectivity index (χ0v) is 20.0. The summed E-state index contributed by atoms with van der Waals surface area (Å²) >= 11 is 3.10. The van der Waals surface area contributed by atoms with E-state index in [4.69, 9.17) is 0 Å². The third kappa shape index (κ3) is 5.58. The van der Waals surface area contributed by atoms with Gasteiger partial charge < -0.3 is 5.32 Å². The van der Waals surface area contributed by atoms with Crippen molar-refractivity contribution < 1.29 is 13.2 Å². The molecule has 2 aromatic carbocycles. The topological polar surface area (TPSA) is 79.4 Å². The summed E-state index contributed by atoms with van der Waals surface area (Å²) in [5.41, 5.74) is 3.78. The van der Waals surface area contributed by atoms with Crippen molar-refractivity contribution in [2.24, 2.45) is 0 Å². The number of hydrogen-bond acceptors (Lipinski definition) is 6. The Hall–Kier alpha value is -2.20. The van der Waals surface area contributed by atoms with E-state index in [2.05, 4.69) is 10.3 Å². The van der Waals surface area contributed by atoms with Crippen LogP contribution in [0.25, 0.3) is 0 Å². The van der Waals surface area contributed by atoms with Gasteiger partial charge in [0, 0.05) is 34.8 Å². The van der Waals surface area contributed by atoms with Crippen LogP contribution in [0.2, 0.25) is 0 Å². The summed E-state index contributed by atoms with van der Waals surface area (Å²) in [6.07, 6.45) is 3.88. The van der Waals surface area contributed by atoms with E-state index in [1.165, 1.54) is 0 Å². The lowest BCUT2D eigenvalue weighted by Gasteiger charge is -2.20. The highest BCUT2D eigenvalue weighted by atomic mass is 32.2. The minimum absolute atomic E-state index is 0.211. The molecule has 0 atom stereocenters. The van der Waals surface area contributed by atoms with Gasteiger partial charge in [-0.2, -0.15) is 4.31 Å². The van der Waals surface area contributed by atoms with Gasteiger partial charge >= 0.3 is 0 Å². The van der Waals surface area contributed by atoms with E-state index in [1.54, 1.807) is 63.2 Å². The largest absolute Gasteiger partial charge is 0.322 e. The number of nitrogens with zero attached hydrogens (tertiary/aromatic N) is 2.